The fourth-order valence-electron chi connectivity index (χ4n) is 2.51. The normalized spacial score (nSPS) is 38.4. The number of aliphatic hydroxyl groups is 1. The van der Waals surface area contributed by atoms with Crippen molar-refractivity contribution in [1.82, 2.24) is 0 Å². The third-order valence-corrected chi connectivity index (χ3v) is 4.29. The molecule has 0 radical (unpaired) electrons. The molecule has 0 bridgehead atoms. The summed E-state index contributed by atoms with van der Waals surface area (Å²) in [7, 11) is 0. The van der Waals surface area contributed by atoms with E-state index in [0.717, 1.165) is 0 Å². The van der Waals surface area contributed by atoms with Gasteiger partial charge in [-0.2, -0.15) is 0 Å². The summed E-state index contributed by atoms with van der Waals surface area (Å²) in [6.45, 7) is 2.84. The first-order valence-electron chi connectivity index (χ1n) is 6.95. The Bertz CT molecular complexity index is 512. The second-order valence-electron chi connectivity index (χ2n) is 5.72. The quantitative estimate of drug-likeness (QED) is 0.540. The second kappa shape index (κ2) is 5.10. The van der Waals surface area contributed by atoms with Crippen molar-refractivity contribution in [1.29, 1.82) is 0 Å². The van der Waals surface area contributed by atoms with Crippen molar-refractivity contribution in [2.45, 2.75) is 51.0 Å². The van der Waals surface area contributed by atoms with Crippen LogP contribution in [-0.2, 0) is 33.3 Å². The topological polar surface area (TPSA) is 118 Å². The molecular formula is C13H16O9. The van der Waals surface area contributed by atoms with Crippen molar-refractivity contribution >= 4 is 18.1 Å². The molecule has 0 spiro atoms. The summed E-state index contributed by atoms with van der Waals surface area (Å²) in [4.78, 5) is 35.0. The van der Waals surface area contributed by atoms with Gasteiger partial charge in [0.2, 0.25) is 18.5 Å². The smallest absolute Gasteiger partial charge is 0.452 e. The maximum Gasteiger partial charge on any atom is 0.511 e. The van der Waals surface area contributed by atoms with Gasteiger partial charge in [0, 0.05) is 0 Å². The van der Waals surface area contributed by atoms with Gasteiger partial charge in [-0.05, 0) is 13.3 Å². The van der Waals surface area contributed by atoms with Crippen LogP contribution in [0.5, 0.6) is 0 Å². The molecule has 3 saturated heterocycles. The van der Waals surface area contributed by atoms with Crippen LogP contribution < -0.4 is 0 Å². The largest absolute Gasteiger partial charge is 0.511 e. The summed E-state index contributed by atoms with van der Waals surface area (Å²) >= 11 is 0. The summed E-state index contributed by atoms with van der Waals surface area (Å²) in [5, 5.41) is 9.32. The molecule has 0 aromatic carbocycles. The van der Waals surface area contributed by atoms with Crippen LogP contribution in [-0.4, -0.2) is 60.5 Å². The number of hydrogen-bond acceptors (Lipinski definition) is 9. The van der Waals surface area contributed by atoms with Crippen molar-refractivity contribution in [3.8, 4) is 0 Å². The number of rotatable bonds is 4. The molecule has 3 aliphatic heterocycles. The van der Waals surface area contributed by atoms with Gasteiger partial charge in [0.05, 0.1) is 12.0 Å². The lowest BCUT2D eigenvalue weighted by Gasteiger charge is -2.25. The number of ether oxygens (including phenoxy) is 5. The molecule has 3 aliphatic rings. The van der Waals surface area contributed by atoms with Crippen LogP contribution in [0.15, 0.2) is 0 Å². The highest BCUT2D eigenvalue weighted by molar-refractivity contribution is 5.84. The van der Waals surface area contributed by atoms with E-state index >= 15 is 0 Å². The fraction of sp³-hybridized carbons (Fsp3) is 0.769. The summed E-state index contributed by atoms with van der Waals surface area (Å²) < 4.78 is 25.3. The molecule has 22 heavy (non-hydrogen) atoms. The van der Waals surface area contributed by atoms with Gasteiger partial charge in [0.15, 0.2) is 12.2 Å². The van der Waals surface area contributed by atoms with Crippen LogP contribution in [0.2, 0.25) is 0 Å². The third kappa shape index (κ3) is 2.12. The van der Waals surface area contributed by atoms with Crippen molar-refractivity contribution < 1.29 is 43.2 Å². The predicted molar refractivity (Wildman–Crippen MR) is 65.3 cm³/mol. The summed E-state index contributed by atoms with van der Waals surface area (Å²) in [5.41, 5.74) is -1.12. The Hall–Kier alpha value is -1.87. The Morgan fingerprint density at radius 3 is 2.59 bits per heavy atom. The van der Waals surface area contributed by atoms with Crippen molar-refractivity contribution in [2.75, 3.05) is 6.61 Å². The Kier molecular flexibility index (Phi) is 3.48. The monoisotopic (exact) mass is 316 g/mol. The minimum Gasteiger partial charge on any atom is -0.452 e. The maximum absolute atomic E-state index is 12.2. The number of carbonyl (C=O) groups is 3. The van der Waals surface area contributed by atoms with Crippen molar-refractivity contribution in [3.63, 3.8) is 0 Å². The molecule has 0 aromatic rings. The summed E-state index contributed by atoms with van der Waals surface area (Å²) in [6, 6.07) is 0. The molecule has 0 amide bonds. The lowest BCUT2D eigenvalue weighted by Crippen LogP contribution is -2.41. The molecule has 0 aliphatic carbocycles. The van der Waals surface area contributed by atoms with E-state index in [1.165, 1.54) is 6.92 Å². The molecule has 1 N–H and O–H groups in total. The standard InChI is InChI=1S/C13H16O9/c1-3-13(2,4-14)11(16)20-7-5-6(18-9(7)15)8-10(19-5)22-12(17)21-8/h5-8,10,14H,3-4H2,1-2H3. The van der Waals surface area contributed by atoms with Crippen LogP contribution in [0.1, 0.15) is 20.3 Å². The zero-order valence-corrected chi connectivity index (χ0v) is 12.0. The molecule has 3 fully saturated rings. The van der Waals surface area contributed by atoms with E-state index < -0.39 is 60.8 Å². The first-order valence-corrected chi connectivity index (χ1v) is 6.95. The molecule has 9 nitrogen and oxygen atoms in total. The Labute approximate surface area is 125 Å². The molecule has 6 atom stereocenters. The SMILES string of the molecule is CCC(C)(CO)C(=O)OC1C(=O)OC2C3OC(=O)OC3OC12. The molecule has 122 valence electrons. The highest BCUT2D eigenvalue weighted by Crippen LogP contribution is 2.39. The molecule has 9 heteroatoms. The minimum atomic E-state index is -1.28. The van der Waals surface area contributed by atoms with Crippen LogP contribution in [0.3, 0.4) is 0 Å². The number of esters is 2. The van der Waals surface area contributed by atoms with Gasteiger partial charge in [0.25, 0.3) is 0 Å². The number of hydrogen-bond donors (Lipinski definition) is 1. The maximum atomic E-state index is 12.2. The van der Waals surface area contributed by atoms with E-state index in [0.29, 0.717) is 6.42 Å². The van der Waals surface area contributed by atoms with E-state index in [1.807, 2.05) is 0 Å². The number of aliphatic hydroxyl groups excluding tert-OH is 1. The Morgan fingerprint density at radius 1 is 1.23 bits per heavy atom. The third-order valence-electron chi connectivity index (χ3n) is 4.29. The van der Waals surface area contributed by atoms with Gasteiger partial charge in [-0.3, -0.25) is 4.79 Å². The van der Waals surface area contributed by atoms with Gasteiger partial charge < -0.3 is 28.8 Å². The first-order chi connectivity index (χ1) is 10.4. The average Bonchev–Trinajstić information content (AvgIpc) is 3.09. The van der Waals surface area contributed by atoms with Crippen LogP contribution in [0.25, 0.3) is 0 Å². The Balaban J connectivity index is 1.72. The lowest BCUT2D eigenvalue weighted by molar-refractivity contribution is -0.180. The molecule has 3 rings (SSSR count). The number of carbonyl (C=O) groups excluding carboxylic acids is 3. The van der Waals surface area contributed by atoms with Gasteiger partial charge in [0.1, 0.15) is 0 Å². The average molecular weight is 316 g/mol. The lowest BCUT2D eigenvalue weighted by atomic mass is 9.89. The van der Waals surface area contributed by atoms with Crippen molar-refractivity contribution in [2.24, 2.45) is 5.41 Å². The highest BCUT2D eigenvalue weighted by Gasteiger charge is 2.64. The fourth-order valence-corrected chi connectivity index (χ4v) is 2.51. The van der Waals surface area contributed by atoms with Gasteiger partial charge >= 0.3 is 18.1 Å². The minimum absolute atomic E-state index is 0.338. The molecule has 0 saturated carbocycles. The molecule has 6 unspecified atom stereocenters. The summed E-state index contributed by atoms with van der Waals surface area (Å²) in [5.74, 6) is -1.50. The van der Waals surface area contributed by atoms with Gasteiger partial charge in [-0.15, -0.1) is 0 Å². The Morgan fingerprint density at radius 2 is 1.95 bits per heavy atom. The van der Waals surface area contributed by atoms with Gasteiger partial charge in [-0.1, -0.05) is 6.92 Å². The molecule has 0 aromatic heterocycles. The van der Waals surface area contributed by atoms with E-state index in [9.17, 15) is 19.5 Å². The zero-order chi connectivity index (χ0) is 16.1. The van der Waals surface area contributed by atoms with E-state index in [1.54, 1.807) is 6.92 Å². The van der Waals surface area contributed by atoms with Crippen LogP contribution in [0, 0.1) is 5.41 Å². The first kappa shape index (κ1) is 15.0. The van der Waals surface area contributed by atoms with E-state index in [4.69, 9.17) is 23.7 Å². The van der Waals surface area contributed by atoms with Crippen LogP contribution in [0.4, 0.5) is 4.79 Å². The van der Waals surface area contributed by atoms with Crippen molar-refractivity contribution in [3.05, 3.63) is 0 Å². The molecular weight excluding hydrogens is 300 g/mol. The highest BCUT2D eigenvalue weighted by atomic mass is 16.9. The number of fused-ring (bicyclic) bond motifs is 3. The predicted octanol–water partition coefficient (Wildman–Crippen LogP) is -0.508. The molecule has 3 heterocycles. The zero-order valence-electron chi connectivity index (χ0n) is 12.0. The van der Waals surface area contributed by atoms with E-state index in [2.05, 4.69) is 0 Å². The summed E-state index contributed by atoms with van der Waals surface area (Å²) in [6.07, 6.45) is -5.45. The van der Waals surface area contributed by atoms with Gasteiger partial charge in [-0.25, -0.2) is 9.59 Å². The van der Waals surface area contributed by atoms with Crippen LogP contribution >= 0.6 is 0 Å². The second-order valence-corrected chi connectivity index (χ2v) is 5.72. The van der Waals surface area contributed by atoms with E-state index in [-0.39, 0.29) is 0 Å².